The molecule has 134 valence electrons. The Balaban J connectivity index is 1.41. The van der Waals surface area contributed by atoms with Crippen molar-refractivity contribution < 1.29 is 14.5 Å². The van der Waals surface area contributed by atoms with Gasteiger partial charge in [-0.3, -0.25) is 9.59 Å². The van der Waals surface area contributed by atoms with Crippen molar-refractivity contribution in [3.05, 3.63) is 41.4 Å². The number of hydrogen-bond donors (Lipinski definition) is 2. The van der Waals surface area contributed by atoms with Crippen molar-refractivity contribution in [1.82, 2.24) is 4.90 Å². The van der Waals surface area contributed by atoms with Crippen LogP contribution in [0.2, 0.25) is 5.02 Å². The van der Waals surface area contributed by atoms with Crippen molar-refractivity contribution >= 4 is 29.1 Å². The number of rotatable bonds is 5. The van der Waals surface area contributed by atoms with E-state index in [0.717, 1.165) is 39.0 Å². The first-order valence-electron chi connectivity index (χ1n) is 8.94. The smallest absolute Gasteiger partial charge is 0.279 e. The van der Waals surface area contributed by atoms with E-state index in [4.69, 9.17) is 11.6 Å². The lowest BCUT2D eigenvalue weighted by Crippen LogP contribution is -3.15. The number of piperazine rings is 1. The lowest BCUT2D eigenvalue weighted by atomic mass is 10.0. The predicted molar refractivity (Wildman–Crippen MR) is 98.7 cm³/mol. The van der Waals surface area contributed by atoms with Gasteiger partial charge in [0.25, 0.3) is 5.91 Å². The molecule has 1 aromatic rings. The van der Waals surface area contributed by atoms with Crippen LogP contribution in [0, 0.1) is 5.92 Å². The molecular weight excluding hydrogens is 338 g/mol. The first-order chi connectivity index (χ1) is 12.1. The predicted octanol–water partition coefficient (Wildman–Crippen LogP) is 1.36. The summed E-state index contributed by atoms with van der Waals surface area (Å²) in [4.78, 5) is 27.7. The normalized spacial score (nSPS) is 20.7. The summed E-state index contributed by atoms with van der Waals surface area (Å²) < 4.78 is 0. The van der Waals surface area contributed by atoms with Gasteiger partial charge in [-0.15, -0.1) is 0 Å². The number of halogens is 1. The third kappa shape index (κ3) is 5.06. The minimum atomic E-state index is -0.0426. The molecule has 0 aromatic heterocycles. The van der Waals surface area contributed by atoms with Crippen LogP contribution in [0.1, 0.15) is 19.3 Å². The van der Waals surface area contributed by atoms with Crippen LogP contribution >= 0.6 is 11.6 Å². The van der Waals surface area contributed by atoms with Crippen molar-refractivity contribution in [3.63, 3.8) is 0 Å². The molecule has 0 radical (unpaired) electrons. The molecule has 2 aliphatic rings. The van der Waals surface area contributed by atoms with Gasteiger partial charge in [-0.2, -0.15) is 0 Å². The minimum absolute atomic E-state index is 0.0426. The molecule has 0 bridgehead atoms. The van der Waals surface area contributed by atoms with Crippen molar-refractivity contribution in [3.8, 4) is 0 Å². The number of para-hydroxylation sites is 1. The SMILES string of the molecule is O=C(C[NH+]1CCN(C(=O)C[C@@H]2C=CCC2)CC1)Nc1ccccc1Cl. The van der Waals surface area contributed by atoms with Crippen molar-refractivity contribution in [2.75, 3.05) is 38.0 Å². The average Bonchev–Trinajstić information content (AvgIpc) is 3.10. The van der Waals surface area contributed by atoms with Gasteiger partial charge in [0.15, 0.2) is 6.54 Å². The molecule has 1 atom stereocenters. The average molecular weight is 363 g/mol. The quantitative estimate of drug-likeness (QED) is 0.777. The summed E-state index contributed by atoms with van der Waals surface area (Å²) in [5.41, 5.74) is 0.645. The van der Waals surface area contributed by atoms with E-state index in [2.05, 4.69) is 17.5 Å². The highest BCUT2D eigenvalue weighted by Crippen LogP contribution is 2.21. The maximum absolute atomic E-state index is 12.4. The van der Waals surface area contributed by atoms with Crippen molar-refractivity contribution in [2.24, 2.45) is 5.92 Å². The number of anilines is 1. The van der Waals surface area contributed by atoms with E-state index < -0.39 is 0 Å². The first kappa shape index (κ1) is 18.0. The van der Waals surface area contributed by atoms with Gasteiger partial charge >= 0.3 is 0 Å². The molecular formula is C19H25ClN3O2+. The van der Waals surface area contributed by atoms with Gasteiger partial charge < -0.3 is 15.1 Å². The lowest BCUT2D eigenvalue weighted by molar-refractivity contribution is -0.895. The molecule has 2 amide bonds. The standard InChI is InChI=1S/C19H24ClN3O2/c20-16-7-3-4-8-17(16)21-18(24)14-22-9-11-23(12-10-22)19(25)13-15-5-1-2-6-15/h1,3-5,7-8,15H,2,6,9-14H2,(H,21,24)/p+1/t15-/m1/s1. The Bertz CT molecular complexity index is 654. The highest BCUT2D eigenvalue weighted by atomic mass is 35.5. The van der Waals surface area contributed by atoms with E-state index in [-0.39, 0.29) is 11.8 Å². The van der Waals surface area contributed by atoms with E-state index in [0.29, 0.717) is 29.6 Å². The fourth-order valence-corrected chi connectivity index (χ4v) is 3.63. The Morgan fingerprint density at radius 3 is 2.68 bits per heavy atom. The van der Waals surface area contributed by atoms with Gasteiger partial charge in [0.2, 0.25) is 5.91 Å². The van der Waals surface area contributed by atoms with Gasteiger partial charge in [0.05, 0.1) is 36.9 Å². The summed E-state index contributed by atoms with van der Waals surface area (Å²) >= 11 is 6.06. The van der Waals surface area contributed by atoms with E-state index in [1.54, 1.807) is 12.1 Å². The Morgan fingerprint density at radius 2 is 2.00 bits per heavy atom. The van der Waals surface area contributed by atoms with E-state index >= 15 is 0 Å². The number of carbonyl (C=O) groups excluding carboxylic acids is 2. The molecule has 1 aliphatic carbocycles. The Morgan fingerprint density at radius 1 is 1.24 bits per heavy atom. The van der Waals surface area contributed by atoms with E-state index in [9.17, 15) is 9.59 Å². The molecule has 1 saturated heterocycles. The first-order valence-corrected chi connectivity index (χ1v) is 9.32. The fraction of sp³-hybridized carbons (Fsp3) is 0.474. The van der Waals surface area contributed by atoms with E-state index in [1.165, 1.54) is 4.90 Å². The number of carbonyl (C=O) groups is 2. The number of amides is 2. The van der Waals surface area contributed by atoms with Gasteiger partial charge in [0, 0.05) is 6.42 Å². The van der Waals surface area contributed by atoms with Gasteiger partial charge in [-0.1, -0.05) is 35.9 Å². The van der Waals surface area contributed by atoms with Crippen molar-refractivity contribution in [1.29, 1.82) is 0 Å². The van der Waals surface area contributed by atoms with Gasteiger partial charge in [-0.25, -0.2) is 0 Å². The number of quaternary nitrogens is 1. The Labute approximate surface area is 153 Å². The van der Waals surface area contributed by atoms with Gasteiger partial charge in [0.1, 0.15) is 0 Å². The summed E-state index contributed by atoms with van der Waals surface area (Å²) in [7, 11) is 0. The van der Waals surface area contributed by atoms with Crippen molar-refractivity contribution in [2.45, 2.75) is 19.3 Å². The fourth-order valence-electron chi connectivity index (χ4n) is 3.45. The van der Waals surface area contributed by atoms with Crippen LogP contribution in [-0.4, -0.2) is 49.4 Å². The van der Waals surface area contributed by atoms with Crippen LogP contribution in [0.25, 0.3) is 0 Å². The monoisotopic (exact) mass is 362 g/mol. The molecule has 3 rings (SSSR count). The zero-order valence-electron chi connectivity index (χ0n) is 14.3. The molecule has 0 unspecified atom stereocenters. The second kappa shape index (κ2) is 8.50. The van der Waals surface area contributed by atoms with Crippen LogP contribution in [0.15, 0.2) is 36.4 Å². The number of nitrogens with zero attached hydrogens (tertiary/aromatic N) is 1. The molecule has 1 fully saturated rings. The lowest BCUT2D eigenvalue weighted by Gasteiger charge is -2.32. The summed E-state index contributed by atoms with van der Waals surface area (Å²) in [5.74, 6) is 0.620. The van der Waals surface area contributed by atoms with E-state index in [1.807, 2.05) is 17.0 Å². The summed E-state index contributed by atoms with van der Waals surface area (Å²) in [6.07, 6.45) is 7.14. The van der Waals surface area contributed by atoms with Gasteiger partial charge in [-0.05, 0) is 30.9 Å². The third-order valence-corrected chi connectivity index (χ3v) is 5.26. The van der Waals surface area contributed by atoms with Crippen LogP contribution in [-0.2, 0) is 9.59 Å². The number of nitrogens with one attached hydrogen (secondary N) is 2. The maximum Gasteiger partial charge on any atom is 0.279 e. The highest BCUT2D eigenvalue weighted by Gasteiger charge is 2.26. The number of hydrogen-bond acceptors (Lipinski definition) is 2. The molecule has 6 heteroatoms. The maximum atomic E-state index is 12.4. The summed E-state index contributed by atoms with van der Waals surface area (Å²) in [5, 5.41) is 3.40. The molecule has 0 spiro atoms. The van der Waals surface area contributed by atoms with Crippen LogP contribution in [0.5, 0.6) is 0 Å². The third-order valence-electron chi connectivity index (χ3n) is 4.93. The number of benzene rings is 1. The highest BCUT2D eigenvalue weighted by molar-refractivity contribution is 6.33. The Kier molecular flexibility index (Phi) is 6.10. The second-order valence-electron chi connectivity index (χ2n) is 6.81. The topological polar surface area (TPSA) is 53.9 Å². The summed E-state index contributed by atoms with van der Waals surface area (Å²) in [6, 6.07) is 7.23. The largest absolute Gasteiger partial charge is 0.331 e. The molecule has 1 heterocycles. The minimum Gasteiger partial charge on any atom is -0.331 e. The molecule has 1 aliphatic heterocycles. The molecule has 1 aromatic carbocycles. The Hall–Kier alpha value is -1.85. The zero-order chi connectivity index (χ0) is 17.6. The van der Waals surface area contributed by atoms with Crippen LogP contribution in [0.3, 0.4) is 0 Å². The number of allylic oxidation sites excluding steroid dienone is 2. The van der Waals surface area contributed by atoms with Crippen LogP contribution in [0.4, 0.5) is 5.69 Å². The van der Waals surface area contributed by atoms with Crippen LogP contribution < -0.4 is 10.2 Å². The molecule has 2 N–H and O–H groups in total. The molecule has 0 saturated carbocycles. The molecule has 5 nitrogen and oxygen atoms in total. The zero-order valence-corrected chi connectivity index (χ0v) is 15.1. The second-order valence-corrected chi connectivity index (χ2v) is 7.21. The molecule has 25 heavy (non-hydrogen) atoms. The summed E-state index contributed by atoms with van der Waals surface area (Å²) in [6.45, 7) is 3.47.